The van der Waals surface area contributed by atoms with Crippen LogP contribution < -0.4 is 4.72 Å². The highest BCUT2D eigenvalue weighted by atomic mass is 32.2. The van der Waals surface area contributed by atoms with E-state index in [0.29, 0.717) is 17.8 Å². The molecular formula is C24H30FN3O3S. The van der Waals surface area contributed by atoms with Crippen molar-refractivity contribution in [3.63, 3.8) is 0 Å². The number of carbonyl (C=O) groups is 1. The Kier molecular flexibility index (Phi) is 6.81. The first kappa shape index (κ1) is 22.7. The lowest BCUT2D eigenvalue weighted by molar-refractivity contribution is 0.0704. The lowest BCUT2D eigenvalue weighted by Crippen LogP contribution is -2.42. The highest BCUT2D eigenvalue weighted by Crippen LogP contribution is 2.27. The van der Waals surface area contributed by atoms with Gasteiger partial charge in [-0.2, -0.15) is 0 Å². The molecule has 1 N–H and O–H groups in total. The van der Waals surface area contributed by atoms with Crippen molar-refractivity contribution in [1.82, 2.24) is 9.80 Å². The Morgan fingerprint density at radius 2 is 1.72 bits per heavy atom. The summed E-state index contributed by atoms with van der Waals surface area (Å²) in [6, 6.07) is 11.6. The number of amides is 1. The van der Waals surface area contributed by atoms with Gasteiger partial charge < -0.3 is 9.80 Å². The van der Waals surface area contributed by atoms with Crippen LogP contribution in [0.15, 0.2) is 42.5 Å². The molecule has 4 rings (SSSR count). The van der Waals surface area contributed by atoms with E-state index < -0.39 is 15.8 Å². The third-order valence-electron chi connectivity index (χ3n) is 6.38. The summed E-state index contributed by atoms with van der Waals surface area (Å²) < 4.78 is 40.9. The van der Waals surface area contributed by atoms with E-state index in [4.69, 9.17) is 0 Å². The molecule has 2 saturated heterocycles. The van der Waals surface area contributed by atoms with Crippen molar-refractivity contribution in [2.75, 3.05) is 36.7 Å². The van der Waals surface area contributed by atoms with Gasteiger partial charge in [0.2, 0.25) is 10.0 Å². The van der Waals surface area contributed by atoms with Gasteiger partial charge in [0, 0.05) is 24.8 Å². The first-order valence-corrected chi connectivity index (χ1v) is 13.0. The van der Waals surface area contributed by atoms with Gasteiger partial charge in [-0.3, -0.25) is 9.52 Å². The van der Waals surface area contributed by atoms with E-state index >= 15 is 0 Å². The number of carbonyl (C=O) groups excluding carboxylic acids is 1. The molecule has 32 heavy (non-hydrogen) atoms. The smallest absolute Gasteiger partial charge is 0.257 e. The maximum atomic E-state index is 15.0. The number of halogens is 1. The number of nitrogens with one attached hydrogen (secondary N) is 1. The van der Waals surface area contributed by atoms with Crippen molar-refractivity contribution in [3.8, 4) is 11.1 Å². The highest BCUT2D eigenvalue weighted by Gasteiger charge is 2.32. The summed E-state index contributed by atoms with van der Waals surface area (Å²) in [5, 5.41) is 0. The molecular weight excluding hydrogens is 429 g/mol. The van der Waals surface area contributed by atoms with E-state index in [1.165, 1.54) is 18.9 Å². The number of nitrogens with zero attached hydrogens (tertiary/aromatic N) is 2. The molecule has 0 aliphatic carbocycles. The largest absolute Gasteiger partial charge is 0.334 e. The molecule has 2 aromatic rings. The van der Waals surface area contributed by atoms with Crippen molar-refractivity contribution in [2.45, 2.75) is 38.6 Å². The quantitative estimate of drug-likeness (QED) is 0.681. The molecule has 172 valence electrons. The number of anilines is 1. The van der Waals surface area contributed by atoms with Gasteiger partial charge in [-0.15, -0.1) is 0 Å². The van der Waals surface area contributed by atoms with E-state index in [1.54, 1.807) is 43.3 Å². The van der Waals surface area contributed by atoms with Crippen LogP contribution in [0.5, 0.6) is 0 Å². The number of rotatable bonds is 7. The Balaban J connectivity index is 1.47. The minimum Gasteiger partial charge on any atom is -0.334 e. The van der Waals surface area contributed by atoms with Crippen molar-refractivity contribution >= 4 is 21.6 Å². The van der Waals surface area contributed by atoms with Crippen LogP contribution in [-0.4, -0.2) is 62.1 Å². The zero-order valence-electron chi connectivity index (χ0n) is 18.4. The normalized spacial score (nSPS) is 19.4. The number of hydrogen-bond acceptors (Lipinski definition) is 4. The van der Waals surface area contributed by atoms with E-state index in [2.05, 4.69) is 9.62 Å². The summed E-state index contributed by atoms with van der Waals surface area (Å²) in [5.74, 6) is -0.777. The van der Waals surface area contributed by atoms with Gasteiger partial charge in [0.1, 0.15) is 5.82 Å². The molecule has 1 amide bonds. The van der Waals surface area contributed by atoms with Crippen molar-refractivity contribution in [1.29, 1.82) is 0 Å². The standard InChI is InChI=1S/C24H30FN3O3S/c1-2-32(30,31)26-20-10-7-18(8-11-20)19-9-12-22(23(25)16-19)24(29)28-15-5-6-21(28)17-27-13-3-4-14-27/h7-12,16,21,26H,2-6,13-15,17H2,1H3. The molecule has 2 heterocycles. The topological polar surface area (TPSA) is 69.7 Å². The van der Waals surface area contributed by atoms with Crippen LogP contribution in [0.3, 0.4) is 0 Å². The van der Waals surface area contributed by atoms with Gasteiger partial charge in [-0.1, -0.05) is 18.2 Å². The van der Waals surface area contributed by atoms with Crippen LogP contribution in [-0.2, 0) is 10.0 Å². The predicted molar refractivity (Wildman–Crippen MR) is 125 cm³/mol. The van der Waals surface area contributed by atoms with Crippen LogP contribution >= 0.6 is 0 Å². The highest BCUT2D eigenvalue weighted by molar-refractivity contribution is 7.92. The fourth-order valence-electron chi connectivity index (χ4n) is 4.56. The van der Waals surface area contributed by atoms with Gasteiger partial charge in [0.15, 0.2) is 0 Å². The minimum absolute atomic E-state index is 0.00857. The van der Waals surface area contributed by atoms with E-state index in [9.17, 15) is 17.6 Å². The van der Waals surface area contributed by atoms with Crippen LogP contribution in [0, 0.1) is 5.82 Å². The van der Waals surface area contributed by atoms with Gasteiger partial charge in [0.05, 0.1) is 11.3 Å². The van der Waals surface area contributed by atoms with Crippen molar-refractivity contribution < 1.29 is 17.6 Å². The SMILES string of the molecule is CCS(=O)(=O)Nc1ccc(-c2ccc(C(=O)N3CCCC3CN3CCCC3)c(F)c2)cc1. The number of sulfonamides is 1. The third-order valence-corrected chi connectivity index (χ3v) is 7.68. The predicted octanol–water partition coefficient (Wildman–Crippen LogP) is 3.95. The summed E-state index contributed by atoms with van der Waals surface area (Å²) in [7, 11) is -3.35. The maximum absolute atomic E-state index is 15.0. The van der Waals surface area contributed by atoms with E-state index in [-0.39, 0.29) is 23.3 Å². The summed E-state index contributed by atoms with van der Waals surface area (Å²) in [6.07, 6.45) is 4.35. The van der Waals surface area contributed by atoms with Crippen molar-refractivity contribution in [2.24, 2.45) is 0 Å². The maximum Gasteiger partial charge on any atom is 0.257 e. The van der Waals surface area contributed by atoms with Crippen LogP contribution in [0.1, 0.15) is 43.0 Å². The summed E-state index contributed by atoms with van der Waals surface area (Å²) >= 11 is 0. The summed E-state index contributed by atoms with van der Waals surface area (Å²) in [6.45, 7) is 5.28. The van der Waals surface area contributed by atoms with Gasteiger partial charge >= 0.3 is 0 Å². The minimum atomic E-state index is -3.35. The average Bonchev–Trinajstić information content (AvgIpc) is 3.46. The molecule has 1 unspecified atom stereocenters. The molecule has 2 aliphatic rings. The number of benzene rings is 2. The number of likely N-dealkylation sites (tertiary alicyclic amines) is 2. The lowest BCUT2D eigenvalue weighted by Gasteiger charge is -2.28. The van der Waals surface area contributed by atoms with E-state index in [1.807, 2.05) is 4.90 Å². The Hall–Kier alpha value is -2.45. The molecule has 2 aromatic carbocycles. The fraction of sp³-hybridized carbons (Fsp3) is 0.458. The van der Waals surface area contributed by atoms with Gasteiger partial charge in [-0.25, -0.2) is 12.8 Å². The molecule has 0 bridgehead atoms. The summed E-state index contributed by atoms with van der Waals surface area (Å²) in [4.78, 5) is 17.3. The molecule has 8 heteroatoms. The zero-order chi connectivity index (χ0) is 22.7. The van der Waals surface area contributed by atoms with Crippen LogP contribution in [0.4, 0.5) is 10.1 Å². The second kappa shape index (κ2) is 9.58. The van der Waals surface area contributed by atoms with Gasteiger partial charge in [0.25, 0.3) is 5.91 Å². The molecule has 1 atom stereocenters. The molecule has 6 nitrogen and oxygen atoms in total. The third kappa shape index (κ3) is 5.13. The Morgan fingerprint density at radius 1 is 1.03 bits per heavy atom. The summed E-state index contributed by atoms with van der Waals surface area (Å²) in [5.41, 5.74) is 1.95. The first-order valence-electron chi connectivity index (χ1n) is 11.3. The molecule has 2 fully saturated rings. The first-order chi connectivity index (χ1) is 15.4. The van der Waals surface area contributed by atoms with Crippen molar-refractivity contribution in [3.05, 3.63) is 53.8 Å². The molecule has 0 aromatic heterocycles. The zero-order valence-corrected chi connectivity index (χ0v) is 19.2. The second-order valence-electron chi connectivity index (χ2n) is 8.58. The number of hydrogen-bond donors (Lipinski definition) is 1. The fourth-order valence-corrected chi connectivity index (χ4v) is 5.20. The van der Waals surface area contributed by atoms with E-state index in [0.717, 1.165) is 38.0 Å². The van der Waals surface area contributed by atoms with Gasteiger partial charge in [-0.05, 0) is 81.1 Å². The molecule has 0 spiro atoms. The monoisotopic (exact) mass is 459 g/mol. The lowest BCUT2D eigenvalue weighted by atomic mass is 10.0. The van der Waals surface area contributed by atoms with Crippen LogP contribution in [0.25, 0.3) is 11.1 Å². The molecule has 0 saturated carbocycles. The Bertz CT molecular complexity index is 1070. The van der Waals surface area contributed by atoms with Crippen LogP contribution in [0.2, 0.25) is 0 Å². The Morgan fingerprint density at radius 3 is 2.38 bits per heavy atom. The average molecular weight is 460 g/mol. The second-order valence-corrected chi connectivity index (χ2v) is 10.6. The molecule has 0 radical (unpaired) electrons. The molecule has 2 aliphatic heterocycles. The Labute approximate surface area is 189 Å².